The van der Waals surface area contributed by atoms with Crippen LogP contribution in [0.15, 0.2) is 30.7 Å². The minimum absolute atomic E-state index is 0.0461. The molecular formula is C21H27N7O3. The number of β-amino-alcohol motifs (C(OH)–C–C–N with tert-alkyl or cyclic N) is 1. The van der Waals surface area contributed by atoms with E-state index in [9.17, 15) is 14.7 Å². The van der Waals surface area contributed by atoms with Crippen LogP contribution in [0.25, 0.3) is 0 Å². The third-order valence-electron chi connectivity index (χ3n) is 5.59. The number of aliphatic hydroxyl groups is 1. The molecule has 2 amide bonds. The molecule has 1 unspecified atom stereocenters. The molecule has 3 N–H and O–H groups in total. The van der Waals surface area contributed by atoms with E-state index in [0.29, 0.717) is 25.5 Å². The molecule has 10 nitrogen and oxygen atoms in total. The Kier molecular flexibility index (Phi) is 6.38. The van der Waals surface area contributed by atoms with Crippen LogP contribution in [0.3, 0.4) is 0 Å². The predicted octanol–water partition coefficient (Wildman–Crippen LogP) is -0.337. The zero-order chi connectivity index (χ0) is 21.8. The summed E-state index contributed by atoms with van der Waals surface area (Å²) >= 11 is 0. The number of carbonyl (C=O) groups excluding carboxylic acids is 2. The first-order valence-electron chi connectivity index (χ1n) is 10.4. The molecule has 2 aliphatic rings. The lowest BCUT2D eigenvalue weighted by Crippen LogP contribution is -2.56. The number of likely N-dealkylation sites (tertiary alicyclic amines) is 1. The summed E-state index contributed by atoms with van der Waals surface area (Å²) in [6.45, 7) is 4.96. The summed E-state index contributed by atoms with van der Waals surface area (Å²) in [5.41, 5.74) is 2.53. The lowest BCUT2D eigenvalue weighted by atomic mass is 10.1. The third kappa shape index (κ3) is 5.33. The van der Waals surface area contributed by atoms with E-state index in [1.54, 1.807) is 24.1 Å². The molecular weight excluding hydrogens is 398 g/mol. The molecule has 2 aliphatic heterocycles. The summed E-state index contributed by atoms with van der Waals surface area (Å²) in [6.07, 6.45) is 3.31. The van der Waals surface area contributed by atoms with Gasteiger partial charge in [0.1, 0.15) is 17.8 Å². The van der Waals surface area contributed by atoms with Crippen LogP contribution >= 0.6 is 0 Å². The Morgan fingerprint density at radius 1 is 1.29 bits per heavy atom. The highest BCUT2D eigenvalue weighted by Crippen LogP contribution is 2.16. The van der Waals surface area contributed by atoms with Crippen molar-refractivity contribution >= 4 is 17.6 Å². The number of hydrogen-bond donors (Lipinski definition) is 3. The van der Waals surface area contributed by atoms with Gasteiger partial charge in [-0.3, -0.25) is 19.5 Å². The smallest absolute Gasteiger partial charge is 0.270 e. The Morgan fingerprint density at radius 2 is 2.13 bits per heavy atom. The number of rotatable bonds is 7. The fourth-order valence-electron chi connectivity index (χ4n) is 3.84. The standard InChI is InChI=1S/C21H27N7O3/c1-14(29)28-10-16(11-28)26-20-7-19(24-13-25-20)21(31)23-8-17(30)12-27-6-4-18-15(9-27)3-2-5-22-18/h2-3,5,7,13,16-17,30H,4,6,8-12H2,1H3,(H,23,31)(H,24,25,26). The fourth-order valence-corrected chi connectivity index (χ4v) is 3.84. The number of anilines is 1. The van der Waals surface area contributed by atoms with Gasteiger partial charge in [-0.2, -0.15) is 0 Å². The Labute approximate surface area is 180 Å². The van der Waals surface area contributed by atoms with Gasteiger partial charge in [-0.15, -0.1) is 0 Å². The average molecular weight is 425 g/mol. The normalized spacial score (nSPS) is 17.4. The van der Waals surface area contributed by atoms with Gasteiger partial charge < -0.3 is 20.6 Å². The molecule has 1 fully saturated rings. The topological polar surface area (TPSA) is 124 Å². The van der Waals surface area contributed by atoms with Crippen LogP contribution in [0.2, 0.25) is 0 Å². The highest BCUT2D eigenvalue weighted by atomic mass is 16.3. The van der Waals surface area contributed by atoms with Crippen LogP contribution in [0.1, 0.15) is 28.7 Å². The van der Waals surface area contributed by atoms with Crippen LogP contribution in [0.4, 0.5) is 5.82 Å². The summed E-state index contributed by atoms with van der Waals surface area (Å²) in [5, 5.41) is 16.3. The van der Waals surface area contributed by atoms with Gasteiger partial charge in [0.2, 0.25) is 5.91 Å². The van der Waals surface area contributed by atoms with Crippen molar-refractivity contribution in [1.29, 1.82) is 0 Å². The number of carbonyl (C=O) groups is 2. The van der Waals surface area contributed by atoms with Crippen molar-refractivity contribution in [3.8, 4) is 0 Å². The van der Waals surface area contributed by atoms with Crippen LogP contribution in [-0.2, 0) is 17.8 Å². The van der Waals surface area contributed by atoms with Gasteiger partial charge in [0, 0.05) is 70.6 Å². The third-order valence-corrected chi connectivity index (χ3v) is 5.59. The molecule has 1 atom stereocenters. The van der Waals surface area contributed by atoms with Gasteiger partial charge >= 0.3 is 0 Å². The van der Waals surface area contributed by atoms with Gasteiger partial charge in [0.25, 0.3) is 5.91 Å². The molecule has 31 heavy (non-hydrogen) atoms. The molecule has 10 heteroatoms. The van der Waals surface area contributed by atoms with Crippen LogP contribution in [0, 0.1) is 0 Å². The Morgan fingerprint density at radius 3 is 2.94 bits per heavy atom. The van der Waals surface area contributed by atoms with Gasteiger partial charge in [0.15, 0.2) is 0 Å². The number of amides is 2. The number of aromatic nitrogens is 3. The van der Waals surface area contributed by atoms with Crippen LogP contribution < -0.4 is 10.6 Å². The molecule has 0 aromatic carbocycles. The van der Waals surface area contributed by atoms with Gasteiger partial charge in [0.05, 0.1) is 12.1 Å². The number of nitrogens with zero attached hydrogens (tertiary/aromatic N) is 5. The molecule has 2 aromatic rings. The summed E-state index contributed by atoms with van der Waals surface area (Å²) in [5.74, 6) is 0.218. The van der Waals surface area contributed by atoms with Crippen molar-refractivity contribution in [2.75, 3.05) is 38.0 Å². The molecule has 2 aromatic heterocycles. The highest BCUT2D eigenvalue weighted by molar-refractivity contribution is 5.92. The first-order valence-corrected chi connectivity index (χ1v) is 10.4. The maximum absolute atomic E-state index is 12.5. The number of pyridine rings is 1. The van der Waals surface area contributed by atoms with E-state index >= 15 is 0 Å². The minimum Gasteiger partial charge on any atom is -0.390 e. The number of nitrogens with one attached hydrogen (secondary N) is 2. The Balaban J connectivity index is 1.23. The lowest BCUT2D eigenvalue weighted by molar-refractivity contribution is -0.132. The molecule has 4 heterocycles. The summed E-state index contributed by atoms with van der Waals surface area (Å²) in [7, 11) is 0. The quantitative estimate of drug-likeness (QED) is 0.551. The summed E-state index contributed by atoms with van der Waals surface area (Å²) in [6, 6.07) is 5.67. The maximum atomic E-state index is 12.5. The SMILES string of the molecule is CC(=O)N1CC(Nc2cc(C(=O)NCC(O)CN3CCc4ncccc4C3)ncn2)C1. The van der Waals surface area contributed by atoms with Crippen LogP contribution in [-0.4, -0.2) is 86.5 Å². The second-order valence-corrected chi connectivity index (χ2v) is 8.01. The molecule has 0 saturated carbocycles. The second-order valence-electron chi connectivity index (χ2n) is 8.01. The van der Waals surface area contributed by atoms with Crippen molar-refractivity contribution < 1.29 is 14.7 Å². The van der Waals surface area contributed by atoms with Gasteiger partial charge in [-0.25, -0.2) is 9.97 Å². The van der Waals surface area contributed by atoms with E-state index in [2.05, 4.69) is 36.6 Å². The van der Waals surface area contributed by atoms with E-state index in [1.807, 2.05) is 6.07 Å². The Bertz CT molecular complexity index is 948. The fraction of sp³-hybridized carbons (Fsp3) is 0.476. The molecule has 0 bridgehead atoms. The van der Waals surface area contributed by atoms with E-state index in [1.165, 1.54) is 11.9 Å². The van der Waals surface area contributed by atoms with Crippen molar-refractivity contribution in [1.82, 2.24) is 30.1 Å². The monoisotopic (exact) mass is 425 g/mol. The summed E-state index contributed by atoms with van der Waals surface area (Å²) < 4.78 is 0. The molecule has 0 spiro atoms. The van der Waals surface area contributed by atoms with Crippen LogP contribution in [0.5, 0.6) is 0 Å². The number of fused-ring (bicyclic) bond motifs is 1. The van der Waals surface area contributed by atoms with Crippen molar-refractivity contribution in [3.63, 3.8) is 0 Å². The highest BCUT2D eigenvalue weighted by Gasteiger charge is 2.28. The lowest BCUT2D eigenvalue weighted by Gasteiger charge is -2.39. The number of aliphatic hydroxyl groups excluding tert-OH is 1. The Hall–Kier alpha value is -3.11. The summed E-state index contributed by atoms with van der Waals surface area (Å²) in [4.78, 5) is 40.2. The largest absolute Gasteiger partial charge is 0.390 e. The zero-order valence-electron chi connectivity index (χ0n) is 17.5. The maximum Gasteiger partial charge on any atom is 0.270 e. The molecule has 164 valence electrons. The van der Waals surface area contributed by atoms with E-state index in [-0.39, 0.29) is 30.1 Å². The van der Waals surface area contributed by atoms with E-state index < -0.39 is 6.10 Å². The first-order chi connectivity index (χ1) is 15.0. The molecule has 4 rings (SSSR count). The average Bonchev–Trinajstić information content (AvgIpc) is 2.74. The predicted molar refractivity (Wildman–Crippen MR) is 113 cm³/mol. The van der Waals surface area contributed by atoms with Gasteiger partial charge in [-0.05, 0) is 11.6 Å². The number of hydrogen-bond acceptors (Lipinski definition) is 8. The van der Waals surface area contributed by atoms with E-state index in [4.69, 9.17) is 0 Å². The molecule has 0 aliphatic carbocycles. The van der Waals surface area contributed by atoms with E-state index in [0.717, 1.165) is 25.2 Å². The van der Waals surface area contributed by atoms with Crippen molar-refractivity contribution in [2.45, 2.75) is 32.0 Å². The first kappa shape index (κ1) is 21.1. The zero-order valence-corrected chi connectivity index (χ0v) is 17.5. The molecule has 1 saturated heterocycles. The second kappa shape index (κ2) is 9.36. The van der Waals surface area contributed by atoms with Crippen molar-refractivity contribution in [2.24, 2.45) is 0 Å². The van der Waals surface area contributed by atoms with Crippen molar-refractivity contribution in [3.05, 3.63) is 47.7 Å². The van der Waals surface area contributed by atoms with Gasteiger partial charge in [-0.1, -0.05) is 6.07 Å². The minimum atomic E-state index is -0.686. The molecule has 0 radical (unpaired) electrons.